The number of thiophene rings is 3. The molecule has 0 bridgehead atoms. The fourth-order valence-electron chi connectivity index (χ4n) is 9.71. The summed E-state index contributed by atoms with van der Waals surface area (Å²) in [5, 5.41) is 0.968. The second-order valence-electron chi connectivity index (χ2n) is 15.9. The van der Waals surface area contributed by atoms with Crippen molar-refractivity contribution in [1.29, 1.82) is 0 Å². The van der Waals surface area contributed by atoms with Gasteiger partial charge in [0.1, 0.15) is 34.7 Å². The Balaban J connectivity index is 1.19. The number of Topliss-reactive ketones (excluding diaryl/α,β-unsaturated/α-hetero) is 4. The minimum absolute atomic E-state index is 0.0825. The van der Waals surface area contributed by atoms with Crippen LogP contribution in [0.5, 0.6) is 0 Å². The summed E-state index contributed by atoms with van der Waals surface area (Å²) in [5.41, 5.74) is 3.59. The van der Waals surface area contributed by atoms with Crippen LogP contribution in [-0.2, 0) is 19.2 Å². The minimum Gasteiger partial charge on any atom is -0.334 e. The van der Waals surface area contributed by atoms with E-state index in [1.807, 2.05) is 12.1 Å². The summed E-state index contributed by atoms with van der Waals surface area (Å²) in [4.78, 5) is 62.4. The molecule has 0 aliphatic heterocycles. The molecule has 10 atom stereocenters. The second kappa shape index (κ2) is 13.5. The predicted molar refractivity (Wildman–Crippen MR) is 212 cm³/mol. The highest BCUT2D eigenvalue weighted by molar-refractivity contribution is 7.35. The molecular weight excluding hydrogens is 773 g/mol. The van der Waals surface area contributed by atoms with Crippen LogP contribution in [0.4, 0.5) is 27.6 Å². The summed E-state index contributed by atoms with van der Waals surface area (Å²) in [5.74, 6) is -5.53. The number of hydrogen-bond donors (Lipinski definition) is 0. The molecule has 55 heavy (non-hydrogen) atoms. The Morgan fingerprint density at radius 1 is 0.582 bits per heavy atom. The zero-order valence-corrected chi connectivity index (χ0v) is 33.2. The number of halogens is 4. The van der Waals surface area contributed by atoms with Gasteiger partial charge in [0.15, 0.2) is 34.6 Å². The molecule has 4 saturated carbocycles. The van der Waals surface area contributed by atoms with Gasteiger partial charge >= 0.3 is 0 Å². The van der Waals surface area contributed by atoms with Crippen LogP contribution in [0.1, 0.15) is 91.1 Å². The predicted octanol–water partition coefficient (Wildman–Crippen LogP) is 10.7. The van der Waals surface area contributed by atoms with Crippen LogP contribution >= 0.6 is 34.0 Å². The average molecular weight is 813 g/mol. The standard InChI is InChI=1S/C40H40F4N4O4S3/c1-5-7-15(3)47-25-13-27(45-29-33(49)17-9-21(41)22(42)10-18(17)34(29)50)53-37(25)39-31(47)32-40(55-39)38-26(48(32)16(4)8-6-2)14-28(54-38)46-30-35(51)19-11-23(43)24(44)12-20(19)36(30)52/h13-24H,5-12H2,1-4H3. The Hall–Kier alpha value is -3.56. The van der Waals surface area contributed by atoms with Crippen molar-refractivity contribution in [3.63, 3.8) is 0 Å². The van der Waals surface area contributed by atoms with Crippen LogP contribution in [-0.4, -0.2) is 68.4 Å². The third-order valence-electron chi connectivity index (χ3n) is 12.4. The van der Waals surface area contributed by atoms with Crippen LogP contribution in [0.25, 0.3) is 40.9 Å². The highest BCUT2D eigenvalue weighted by atomic mass is 32.1. The van der Waals surface area contributed by atoms with Crippen LogP contribution < -0.4 is 0 Å². The molecule has 15 heteroatoms. The van der Waals surface area contributed by atoms with Gasteiger partial charge in [0.25, 0.3) is 0 Å². The van der Waals surface area contributed by atoms with Gasteiger partial charge in [0.05, 0.1) is 40.9 Å². The largest absolute Gasteiger partial charge is 0.334 e. The van der Waals surface area contributed by atoms with Gasteiger partial charge in [0.2, 0.25) is 0 Å². The van der Waals surface area contributed by atoms with E-state index in [-0.39, 0.29) is 49.2 Å². The van der Waals surface area contributed by atoms with Crippen molar-refractivity contribution in [1.82, 2.24) is 9.13 Å². The minimum atomic E-state index is -1.77. The highest BCUT2D eigenvalue weighted by Gasteiger charge is 2.54. The first-order chi connectivity index (χ1) is 26.3. The normalized spacial score (nSPS) is 29.7. The number of nitrogens with zero attached hydrogens (tertiary/aromatic N) is 4. The molecule has 0 spiro atoms. The molecule has 0 radical (unpaired) electrons. The number of carbonyl (C=O) groups is 4. The van der Waals surface area contributed by atoms with Crippen LogP contribution in [0.3, 0.4) is 0 Å². The number of ketones is 4. The van der Waals surface area contributed by atoms with Gasteiger partial charge in [-0.1, -0.05) is 26.7 Å². The molecule has 5 heterocycles. The van der Waals surface area contributed by atoms with E-state index in [2.05, 4.69) is 46.8 Å². The van der Waals surface area contributed by atoms with E-state index < -0.39 is 71.5 Å². The fourth-order valence-corrected chi connectivity index (χ4v) is 13.3. The van der Waals surface area contributed by atoms with Crippen molar-refractivity contribution in [2.24, 2.45) is 33.7 Å². The van der Waals surface area contributed by atoms with Gasteiger partial charge in [-0.15, -0.1) is 34.0 Å². The van der Waals surface area contributed by atoms with E-state index in [1.54, 1.807) is 11.3 Å². The lowest BCUT2D eigenvalue weighted by molar-refractivity contribution is -0.123. The van der Waals surface area contributed by atoms with E-state index in [9.17, 15) is 36.7 Å². The maximum atomic E-state index is 14.2. The van der Waals surface area contributed by atoms with E-state index in [0.29, 0.717) is 10.0 Å². The molecule has 0 saturated heterocycles. The van der Waals surface area contributed by atoms with Crippen LogP contribution in [0, 0.1) is 23.7 Å². The average Bonchev–Trinajstić information content (AvgIpc) is 3.99. The number of carbonyl (C=O) groups excluding carboxylic acids is 4. The van der Waals surface area contributed by atoms with E-state index in [0.717, 1.165) is 66.5 Å². The van der Waals surface area contributed by atoms with Crippen molar-refractivity contribution in [3.8, 4) is 0 Å². The SMILES string of the molecule is CCCC(C)n1c2cc(N=C3C(=O)C4CC(F)C(F)CC4C3=O)sc2c2sc3c4sc(N=C5C(=O)C6CC(F)C(F)CC6C5=O)cc4n(C(C)CCC)c3c21. The molecule has 0 aromatic carbocycles. The quantitative estimate of drug-likeness (QED) is 0.146. The zero-order chi connectivity index (χ0) is 38.8. The van der Waals surface area contributed by atoms with Gasteiger partial charge < -0.3 is 9.13 Å². The van der Waals surface area contributed by atoms with Gasteiger partial charge in [-0.05, 0) is 64.5 Å². The lowest BCUT2D eigenvalue weighted by atomic mass is 9.79. The molecule has 5 aromatic heterocycles. The number of hydrogen-bond acceptors (Lipinski definition) is 9. The zero-order valence-electron chi connectivity index (χ0n) is 30.7. The smallest absolute Gasteiger partial charge is 0.188 e. The summed E-state index contributed by atoms with van der Waals surface area (Å²) >= 11 is 4.40. The first kappa shape index (κ1) is 37.0. The number of alkyl halides is 4. The maximum Gasteiger partial charge on any atom is 0.188 e. The van der Waals surface area contributed by atoms with E-state index in [1.165, 1.54) is 22.7 Å². The van der Waals surface area contributed by atoms with Crippen LogP contribution in [0.15, 0.2) is 22.1 Å². The summed E-state index contributed by atoms with van der Waals surface area (Å²) in [6.45, 7) is 8.62. The lowest BCUT2D eigenvalue weighted by Crippen LogP contribution is -2.35. The number of fused-ring (bicyclic) bond motifs is 9. The summed E-state index contributed by atoms with van der Waals surface area (Å²) in [6.07, 6.45) is -4.63. The highest BCUT2D eigenvalue weighted by Crippen LogP contribution is 2.53. The number of rotatable bonds is 8. The Labute approximate surface area is 325 Å². The van der Waals surface area contributed by atoms with Crippen molar-refractivity contribution >= 4 is 119 Å². The maximum absolute atomic E-state index is 14.2. The Kier molecular flexibility index (Phi) is 9.12. The van der Waals surface area contributed by atoms with E-state index in [4.69, 9.17) is 0 Å². The summed E-state index contributed by atoms with van der Waals surface area (Å²) in [7, 11) is 0. The molecular formula is C40H40F4N4O4S3. The first-order valence-electron chi connectivity index (χ1n) is 19.3. The van der Waals surface area contributed by atoms with Gasteiger partial charge in [-0.3, -0.25) is 19.2 Å². The first-order valence-corrected chi connectivity index (χ1v) is 21.7. The molecule has 0 amide bonds. The third-order valence-corrected chi connectivity index (χ3v) is 15.9. The molecule has 5 aromatic rings. The second-order valence-corrected chi connectivity index (χ2v) is 19.0. The van der Waals surface area contributed by atoms with E-state index >= 15 is 0 Å². The van der Waals surface area contributed by atoms with Crippen molar-refractivity contribution in [3.05, 3.63) is 12.1 Å². The number of aliphatic imine (C=N–C) groups is 2. The van der Waals surface area contributed by atoms with Crippen molar-refractivity contribution in [2.45, 2.75) is 116 Å². The lowest BCUT2D eigenvalue weighted by Gasteiger charge is -2.27. The van der Waals surface area contributed by atoms with Gasteiger partial charge in [-0.2, -0.15) is 0 Å². The Morgan fingerprint density at radius 2 is 0.909 bits per heavy atom. The molecule has 8 nitrogen and oxygen atoms in total. The van der Waals surface area contributed by atoms with Crippen LogP contribution in [0.2, 0.25) is 0 Å². The monoisotopic (exact) mass is 812 g/mol. The molecule has 10 unspecified atom stereocenters. The molecule has 0 N–H and O–H groups in total. The topological polar surface area (TPSA) is 103 Å². The molecule has 4 fully saturated rings. The van der Waals surface area contributed by atoms with Crippen molar-refractivity contribution in [2.75, 3.05) is 0 Å². The molecule has 4 aliphatic carbocycles. The van der Waals surface area contributed by atoms with Crippen molar-refractivity contribution < 1.29 is 36.7 Å². The molecule has 9 rings (SSSR count). The molecule has 4 aliphatic rings. The Bertz CT molecular complexity index is 2290. The number of aromatic nitrogens is 2. The Morgan fingerprint density at radius 3 is 1.22 bits per heavy atom. The summed E-state index contributed by atoms with van der Waals surface area (Å²) in [6, 6.07) is 4.00. The van der Waals surface area contributed by atoms with Gasteiger partial charge in [-0.25, -0.2) is 27.5 Å². The summed E-state index contributed by atoms with van der Waals surface area (Å²) < 4.78 is 65.6. The third kappa shape index (κ3) is 5.52. The fraction of sp³-hybridized carbons (Fsp3) is 0.550. The van der Waals surface area contributed by atoms with Gasteiger partial charge in [0, 0.05) is 35.8 Å². The molecule has 290 valence electrons.